The van der Waals surface area contributed by atoms with Crippen LogP contribution in [0.1, 0.15) is 15.9 Å². The van der Waals surface area contributed by atoms with Gasteiger partial charge < -0.3 is 9.72 Å². The van der Waals surface area contributed by atoms with Gasteiger partial charge in [0.2, 0.25) is 5.78 Å². The number of ether oxygens (including phenoxy) is 1. The number of hydrogen-bond acceptors (Lipinski definition) is 3. The molecule has 4 nitrogen and oxygen atoms in total. The van der Waals surface area contributed by atoms with E-state index in [9.17, 15) is 9.59 Å². The summed E-state index contributed by atoms with van der Waals surface area (Å²) in [6.45, 7) is 0.457. The molecule has 5 heteroatoms. The average Bonchev–Trinajstić information content (AvgIpc) is 2.96. The highest BCUT2D eigenvalue weighted by Gasteiger charge is 2.17. The van der Waals surface area contributed by atoms with Gasteiger partial charge >= 0.3 is 0 Å². The summed E-state index contributed by atoms with van der Waals surface area (Å²) in [6.07, 6.45) is 1.48. The Balaban J connectivity index is 1.82. The summed E-state index contributed by atoms with van der Waals surface area (Å²) in [4.78, 5) is 25.6. The first kappa shape index (κ1) is 14.4. The quantitative estimate of drug-likeness (QED) is 0.444. The third-order valence-electron chi connectivity index (χ3n) is 3.32. The van der Waals surface area contributed by atoms with Gasteiger partial charge in [-0.1, -0.05) is 30.3 Å². The molecule has 3 rings (SSSR count). The number of rotatable bonds is 5. The molecule has 3 aromatic rings. The lowest BCUT2D eigenvalue weighted by molar-refractivity contribution is -0.108. The van der Waals surface area contributed by atoms with Crippen molar-refractivity contribution in [1.29, 1.82) is 0 Å². The number of fused-ring (bicyclic) bond motifs is 1. The Kier molecular flexibility index (Phi) is 3.94. The number of carbonyl (C=O) groups is 2. The van der Waals surface area contributed by atoms with E-state index in [1.54, 1.807) is 18.2 Å². The van der Waals surface area contributed by atoms with Gasteiger partial charge in [0.25, 0.3) is 5.24 Å². The third-order valence-corrected chi connectivity index (χ3v) is 3.50. The molecule has 0 unspecified atom stereocenters. The fraction of sp³-hybridized carbons (Fsp3) is 0.0588. The number of halogens is 1. The van der Waals surface area contributed by atoms with Crippen molar-refractivity contribution in [2.75, 3.05) is 0 Å². The van der Waals surface area contributed by atoms with Crippen LogP contribution in [0.3, 0.4) is 0 Å². The molecular weight excluding hydrogens is 302 g/mol. The lowest BCUT2D eigenvalue weighted by Gasteiger charge is -2.06. The van der Waals surface area contributed by atoms with Gasteiger partial charge in [0, 0.05) is 23.2 Å². The van der Waals surface area contributed by atoms with Gasteiger partial charge in [-0.2, -0.15) is 0 Å². The van der Waals surface area contributed by atoms with E-state index in [2.05, 4.69) is 4.98 Å². The minimum Gasteiger partial charge on any atom is -0.489 e. The second kappa shape index (κ2) is 6.03. The minimum absolute atomic E-state index is 0.268. The van der Waals surface area contributed by atoms with E-state index in [0.717, 1.165) is 5.56 Å². The van der Waals surface area contributed by atoms with Crippen LogP contribution < -0.4 is 4.74 Å². The summed E-state index contributed by atoms with van der Waals surface area (Å²) in [5.41, 5.74) is 2.05. The highest BCUT2D eigenvalue weighted by atomic mass is 35.5. The van der Waals surface area contributed by atoms with Crippen LogP contribution >= 0.6 is 11.6 Å². The first-order valence-corrected chi connectivity index (χ1v) is 7.05. The molecule has 1 heterocycles. The van der Waals surface area contributed by atoms with E-state index < -0.39 is 11.0 Å². The summed E-state index contributed by atoms with van der Waals surface area (Å²) in [5, 5.41) is -0.351. The molecule has 2 aromatic carbocycles. The van der Waals surface area contributed by atoms with Crippen molar-refractivity contribution in [3.63, 3.8) is 0 Å². The molecule has 0 aliphatic heterocycles. The Morgan fingerprint density at radius 3 is 2.59 bits per heavy atom. The fourth-order valence-corrected chi connectivity index (χ4v) is 2.33. The molecule has 0 spiro atoms. The number of benzene rings is 2. The highest BCUT2D eigenvalue weighted by Crippen LogP contribution is 2.24. The predicted molar refractivity (Wildman–Crippen MR) is 84.3 cm³/mol. The van der Waals surface area contributed by atoms with Crippen LogP contribution in [0.2, 0.25) is 0 Å². The van der Waals surface area contributed by atoms with Crippen molar-refractivity contribution in [1.82, 2.24) is 4.98 Å². The van der Waals surface area contributed by atoms with Gasteiger partial charge in [-0.3, -0.25) is 9.59 Å². The standard InChI is InChI=1S/C17H12ClNO3/c18-17(21)16(20)14-9-19-15-8-12(6-7-13(14)15)22-10-11-4-2-1-3-5-11/h1-9,19H,10H2. The van der Waals surface area contributed by atoms with Crippen LogP contribution in [0, 0.1) is 0 Å². The summed E-state index contributed by atoms with van der Waals surface area (Å²) in [6, 6.07) is 15.1. The molecule has 1 aromatic heterocycles. The zero-order valence-electron chi connectivity index (χ0n) is 11.5. The van der Waals surface area contributed by atoms with Crippen LogP contribution in [0.25, 0.3) is 10.9 Å². The Morgan fingerprint density at radius 1 is 1.09 bits per heavy atom. The molecule has 0 bridgehead atoms. The van der Waals surface area contributed by atoms with Crippen molar-refractivity contribution in [2.24, 2.45) is 0 Å². The Bertz CT molecular complexity index is 839. The Labute approximate surface area is 131 Å². The van der Waals surface area contributed by atoms with Gasteiger partial charge in [0.1, 0.15) is 12.4 Å². The number of ketones is 1. The van der Waals surface area contributed by atoms with Crippen molar-refractivity contribution < 1.29 is 14.3 Å². The normalized spacial score (nSPS) is 10.6. The van der Waals surface area contributed by atoms with Gasteiger partial charge in [0.05, 0.1) is 5.56 Å². The topological polar surface area (TPSA) is 59.2 Å². The minimum atomic E-state index is -0.995. The third kappa shape index (κ3) is 2.87. The van der Waals surface area contributed by atoms with Gasteiger partial charge in [0.15, 0.2) is 0 Å². The Hall–Kier alpha value is -2.59. The number of aromatic amines is 1. The molecule has 0 fully saturated rings. The van der Waals surface area contributed by atoms with E-state index in [4.69, 9.17) is 16.3 Å². The molecule has 1 N–H and O–H groups in total. The van der Waals surface area contributed by atoms with E-state index in [1.807, 2.05) is 30.3 Å². The smallest absolute Gasteiger partial charge is 0.293 e. The number of carbonyl (C=O) groups excluding carboxylic acids is 2. The monoisotopic (exact) mass is 313 g/mol. The van der Waals surface area contributed by atoms with E-state index >= 15 is 0 Å². The zero-order valence-corrected chi connectivity index (χ0v) is 12.3. The summed E-state index contributed by atoms with van der Waals surface area (Å²) < 4.78 is 5.72. The van der Waals surface area contributed by atoms with Crippen molar-refractivity contribution in [2.45, 2.75) is 6.61 Å². The number of H-pyrrole nitrogens is 1. The lowest BCUT2D eigenvalue weighted by Crippen LogP contribution is -2.06. The SMILES string of the molecule is O=C(Cl)C(=O)c1c[nH]c2cc(OCc3ccccc3)ccc12. The van der Waals surface area contributed by atoms with Crippen molar-refractivity contribution in [3.05, 3.63) is 65.9 Å². The largest absolute Gasteiger partial charge is 0.489 e. The van der Waals surface area contributed by atoms with Gasteiger partial charge in [-0.15, -0.1) is 0 Å². The molecule has 0 atom stereocenters. The van der Waals surface area contributed by atoms with Crippen LogP contribution in [-0.2, 0) is 11.4 Å². The maximum atomic E-state index is 11.7. The number of Topliss-reactive ketones (excluding diaryl/α,β-unsaturated/α-hetero) is 1. The first-order valence-electron chi connectivity index (χ1n) is 6.67. The molecule has 0 saturated carbocycles. The second-order valence-corrected chi connectivity index (χ2v) is 5.13. The van der Waals surface area contributed by atoms with Crippen LogP contribution in [-0.4, -0.2) is 16.0 Å². The van der Waals surface area contributed by atoms with Crippen LogP contribution in [0.4, 0.5) is 0 Å². The molecule has 0 amide bonds. The van der Waals surface area contributed by atoms with E-state index in [0.29, 0.717) is 23.3 Å². The molecule has 0 radical (unpaired) electrons. The lowest BCUT2D eigenvalue weighted by atomic mass is 10.1. The average molecular weight is 314 g/mol. The van der Waals surface area contributed by atoms with Gasteiger partial charge in [-0.25, -0.2) is 0 Å². The summed E-state index contributed by atoms with van der Waals surface area (Å²) in [7, 11) is 0. The molecule has 0 aliphatic rings. The van der Waals surface area contributed by atoms with Crippen molar-refractivity contribution >= 4 is 33.5 Å². The van der Waals surface area contributed by atoms with Gasteiger partial charge in [-0.05, 0) is 29.3 Å². The number of nitrogens with one attached hydrogen (secondary N) is 1. The summed E-state index contributed by atoms with van der Waals surface area (Å²) >= 11 is 5.24. The van der Waals surface area contributed by atoms with E-state index in [-0.39, 0.29) is 5.56 Å². The number of hydrogen-bond donors (Lipinski definition) is 1. The molecule has 22 heavy (non-hydrogen) atoms. The van der Waals surface area contributed by atoms with Crippen LogP contribution in [0.5, 0.6) is 5.75 Å². The van der Waals surface area contributed by atoms with Crippen LogP contribution in [0.15, 0.2) is 54.7 Å². The molecular formula is C17H12ClNO3. The van der Waals surface area contributed by atoms with E-state index in [1.165, 1.54) is 6.20 Å². The fourth-order valence-electron chi connectivity index (χ4n) is 2.23. The molecule has 110 valence electrons. The predicted octanol–water partition coefficient (Wildman–Crippen LogP) is 3.70. The maximum Gasteiger partial charge on any atom is 0.293 e. The van der Waals surface area contributed by atoms with Crippen molar-refractivity contribution in [3.8, 4) is 5.75 Å². The highest BCUT2D eigenvalue weighted by molar-refractivity contribution is 6.83. The second-order valence-electron chi connectivity index (χ2n) is 4.79. The first-order chi connectivity index (χ1) is 10.6. The number of aromatic nitrogens is 1. The Morgan fingerprint density at radius 2 is 1.86 bits per heavy atom. The zero-order chi connectivity index (χ0) is 15.5. The molecule has 0 aliphatic carbocycles. The summed E-state index contributed by atoms with van der Waals surface area (Å²) in [5.74, 6) is -0.0414. The molecule has 0 saturated heterocycles. The maximum absolute atomic E-state index is 11.7.